The average Bonchev–Trinajstić information content (AvgIpc) is 2.44. The SMILES string of the molecule is Cc1cc(C)c2nn(C)nc2c1C. The van der Waals surface area contributed by atoms with E-state index in [0.717, 1.165) is 11.0 Å². The minimum absolute atomic E-state index is 1.02. The van der Waals surface area contributed by atoms with Crippen molar-refractivity contribution in [3.8, 4) is 0 Å². The van der Waals surface area contributed by atoms with Crippen molar-refractivity contribution >= 4 is 11.0 Å². The van der Waals surface area contributed by atoms with E-state index in [1.165, 1.54) is 16.7 Å². The molecule has 13 heavy (non-hydrogen) atoms. The molecule has 2 rings (SSSR count). The summed E-state index contributed by atoms with van der Waals surface area (Å²) >= 11 is 0. The van der Waals surface area contributed by atoms with E-state index in [0.29, 0.717) is 0 Å². The molecule has 0 aliphatic carbocycles. The first-order valence-electron chi connectivity index (χ1n) is 4.37. The van der Waals surface area contributed by atoms with Crippen LogP contribution in [0, 0.1) is 20.8 Å². The first-order chi connectivity index (χ1) is 6.09. The summed E-state index contributed by atoms with van der Waals surface area (Å²) in [6.45, 7) is 6.27. The van der Waals surface area contributed by atoms with Gasteiger partial charge in [0.25, 0.3) is 0 Å². The van der Waals surface area contributed by atoms with E-state index in [1.807, 2.05) is 7.05 Å². The van der Waals surface area contributed by atoms with E-state index in [-0.39, 0.29) is 0 Å². The van der Waals surface area contributed by atoms with Crippen molar-refractivity contribution in [2.24, 2.45) is 7.05 Å². The van der Waals surface area contributed by atoms with Gasteiger partial charge in [-0.2, -0.15) is 15.0 Å². The third-order valence-corrected chi connectivity index (χ3v) is 2.47. The Kier molecular flexibility index (Phi) is 1.62. The topological polar surface area (TPSA) is 30.7 Å². The molecule has 3 heteroatoms. The Morgan fingerprint density at radius 2 is 1.62 bits per heavy atom. The highest BCUT2D eigenvalue weighted by atomic mass is 15.4. The van der Waals surface area contributed by atoms with Crippen molar-refractivity contribution in [1.29, 1.82) is 0 Å². The number of nitrogens with zero attached hydrogens (tertiary/aromatic N) is 3. The van der Waals surface area contributed by atoms with Crippen molar-refractivity contribution in [3.05, 3.63) is 22.8 Å². The number of benzene rings is 1. The molecular formula is C10H13N3. The number of aryl methyl sites for hydroxylation is 4. The zero-order valence-corrected chi connectivity index (χ0v) is 8.42. The van der Waals surface area contributed by atoms with Crippen molar-refractivity contribution in [2.45, 2.75) is 20.8 Å². The van der Waals surface area contributed by atoms with Gasteiger partial charge in [0.1, 0.15) is 11.0 Å². The molecule has 0 saturated heterocycles. The van der Waals surface area contributed by atoms with Crippen molar-refractivity contribution in [1.82, 2.24) is 15.0 Å². The summed E-state index contributed by atoms with van der Waals surface area (Å²) in [7, 11) is 1.86. The molecule has 0 saturated carbocycles. The van der Waals surface area contributed by atoms with Crippen LogP contribution in [-0.4, -0.2) is 15.0 Å². The van der Waals surface area contributed by atoms with Gasteiger partial charge >= 0.3 is 0 Å². The van der Waals surface area contributed by atoms with Gasteiger partial charge in [-0.05, 0) is 37.5 Å². The molecule has 1 heterocycles. The fraction of sp³-hybridized carbons (Fsp3) is 0.400. The molecular weight excluding hydrogens is 162 g/mol. The van der Waals surface area contributed by atoms with Gasteiger partial charge in [-0.3, -0.25) is 0 Å². The lowest BCUT2D eigenvalue weighted by Gasteiger charge is -2.01. The number of hydrogen-bond donors (Lipinski definition) is 0. The monoisotopic (exact) mass is 175 g/mol. The second kappa shape index (κ2) is 2.55. The number of rotatable bonds is 0. The largest absolute Gasteiger partial charge is 0.187 e. The molecule has 0 amide bonds. The molecule has 0 spiro atoms. The maximum Gasteiger partial charge on any atom is 0.116 e. The molecule has 1 aromatic heterocycles. The molecule has 0 aliphatic heterocycles. The van der Waals surface area contributed by atoms with Gasteiger partial charge in [0.2, 0.25) is 0 Å². The Balaban J connectivity index is 2.95. The van der Waals surface area contributed by atoms with E-state index < -0.39 is 0 Å². The van der Waals surface area contributed by atoms with Gasteiger partial charge in [0.15, 0.2) is 0 Å². The number of hydrogen-bond acceptors (Lipinski definition) is 2. The summed E-state index contributed by atoms with van der Waals surface area (Å²) in [5.74, 6) is 0. The molecule has 0 aliphatic rings. The molecule has 0 radical (unpaired) electrons. The predicted molar refractivity (Wildman–Crippen MR) is 52.7 cm³/mol. The third kappa shape index (κ3) is 1.11. The summed E-state index contributed by atoms with van der Waals surface area (Å²) in [6, 6.07) is 2.16. The summed E-state index contributed by atoms with van der Waals surface area (Å²) in [4.78, 5) is 1.63. The Bertz CT molecular complexity index is 468. The molecule has 0 fully saturated rings. The van der Waals surface area contributed by atoms with Gasteiger partial charge < -0.3 is 0 Å². The lowest BCUT2D eigenvalue weighted by Crippen LogP contribution is -1.91. The van der Waals surface area contributed by atoms with E-state index in [1.54, 1.807) is 4.80 Å². The maximum atomic E-state index is 4.34. The second-order valence-electron chi connectivity index (χ2n) is 3.52. The first kappa shape index (κ1) is 8.23. The van der Waals surface area contributed by atoms with E-state index in [9.17, 15) is 0 Å². The van der Waals surface area contributed by atoms with Crippen LogP contribution in [0.3, 0.4) is 0 Å². The van der Waals surface area contributed by atoms with Gasteiger partial charge in [0, 0.05) is 7.05 Å². The summed E-state index contributed by atoms with van der Waals surface area (Å²) in [5.41, 5.74) is 5.76. The summed E-state index contributed by atoms with van der Waals surface area (Å²) in [6.07, 6.45) is 0. The van der Waals surface area contributed by atoms with Crippen LogP contribution in [-0.2, 0) is 7.05 Å². The number of fused-ring (bicyclic) bond motifs is 1. The maximum absolute atomic E-state index is 4.34. The normalized spacial score (nSPS) is 11.1. The fourth-order valence-corrected chi connectivity index (χ4v) is 1.61. The van der Waals surface area contributed by atoms with E-state index in [4.69, 9.17) is 0 Å². The molecule has 0 N–H and O–H groups in total. The molecule has 0 atom stereocenters. The Labute approximate surface area is 77.4 Å². The van der Waals surface area contributed by atoms with Gasteiger partial charge in [-0.1, -0.05) is 6.07 Å². The highest BCUT2D eigenvalue weighted by molar-refractivity contribution is 5.81. The summed E-state index contributed by atoms with van der Waals surface area (Å²) in [5, 5.41) is 8.66. The van der Waals surface area contributed by atoms with Crippen molar-refractivity contribution < 1.29 is 0 Å². The van der Waals surface area contributed by atoms with E-state index >= 15 is 0 Å². The van der Waals surface area contributed by atoms with Gasteiger partial charge in [0.05, 0.1) is 0 Å². The Morgan fingerprint density at radius 1 is 1.00 bits per heavy atom. The van der Waals surface area contributed by atoms with Crippen molar-refractivity contribution in [2.75, 3.05) is 0 Å². The molecule has 3 nitrogen and oxygen atoms in total. The van der Waals surface area contributed by atoms with Crippen LogP contribution in [0.4, 0.5) is 0 Å². The van der Waals surface area contributed by atoms with Crippen molar-refractivity contribution in [3.63, 3.8) is 0 Å². The smallest absolute Gasteiger partial charge is 0.116 e. The average molecular weight is 175 g/mol. The molecule has 68 valence electrons. The van der Waals surface area contributed by atoms with Crippen LogP contribution in [0.5, 0.6) is 0 Å². The van der Waals surface area contributed by atoms with Crippen LogP contribution < -0.4 is 0 Å². The predicted octanol–water partition coefficient (Wildman–Crippen LogP) is 1.89. The zero-order chi connectivity index (χ0) is 9.59. The zero-order valence-electron chi connectivity index (χ0n) is 8.42. The summed E-state index contributed by atoms with van der Waals surface area (Å²) < 4.78 is 0. The Hall–Kier alpha value is -1.38. The number of aromatic nitrogens is 3. The van der Waals surface area contributed by atoms with Gasteiger partial charge in [-0.15, -0.1) is 0 Å². The minimum Gasteiger partial charge on any atom is -0.187 e. The second-order valence-corrected chi connectivity index (χ2v) is 3.52. The molecule has 2 aromatic rings. The Morgan fingerprint density at radius 3 is 2.31 bits per heavy atom. The minimum atomic E-state index is 1.02. The molecule has 1 aromatic carbocycles. The van der Waals surface area contributed by atoms with Crippen LogP contribution >= 0.6 is 0 Å². The van der Waals surface area contributed by atoms with Crippen LogP contribution in [0.2, 0.25) is 0 Å². The molecule has 0 unspecified atom stereocenters. The lowest BCUT2D eigenvalue weighted by atomic mass is 10.0. The highest BCUT2D eigenvalue weighted by Gasteiger charge is 2.08. The van der Waals surface area contributed by atoms with Gasteiger partial charge in [-0.25, -0.2) is 0 Å². The van der Waals surface area contributed by atoms with Crippen LogP contribution in [0.15, 0.2) is 6.07 Å². The van der Waals surface area contributed by atoms with E-state index in [2.05, 4.69) is 37.0 Å². The quantitative estimate of drug-likeness (QED) is 0.612. The molecule has 0 bridgehead atoms. The standard InChI is InChI=1S/C10H13N3/c1-6-5-7(2)9-10(8(6)3)12-13(4)11-9/h5H,1-4H3. The van der Waals surface area contributed by atoms with Crippen LogP contribution in [0.1, 0.15) is 16.7 Å². The third-order valence-electron chi connectivity index (χ3n) is 2.47. The van der Waals surface area contributed by atoms with Crippen LogP contribution in [0.25, 0.3) is 11.0 Å². The highest BCUT2D eigenvalue weighted by Crippen LogP contribution is 2.21. The lowest BCUT2D eigenvalue weighted by molar-refractivity contribution is 0.664. The first-order valence-corrected chi connectivity index (χ1v) is 4.37. The fourth-order valence-electron chi connectivity index (χ4n) is 1.61.